The molecule has 6 nitrogen and oxygen atoms in total. The summed E-state index contributed by atoms with van der Waals surface area (Å²) in [5.41, 5.74) is 0.124. The summed E-state index contributed by atoms with van der Waals surface area (Å²) < 4.78 is 54.0. The largest absolute Gasteiger partial charge is 0.322 e. The molecule has 2 aromatic rings. The van der Waals surface area contributed by atoms with Crippen molar-refractivity contribution in [2.75, 3.05) is 11.9 Å². The Morgan fingerprint density at radius 3 is 2.61 bits per heavy atom. The summed E-state index contributed by atoms with van der Waals surface area (Å²) in [6.07, 6.45) is 3.36. The van der Waals surface area contributed by atoms with Crippen molar-refractivity contribution in [3.63, 3.8) is 0 Å². The maximum Gasteiger partial charge on any atom is 0.262 e. The number of nitrogens with one attached hydrogen (secondary N) is 2. The third kappa shape index (κ3) is 4.92. The first-order valence-corrected chi connectivity index (χ1v) is 10.3. The van der Waals surface area contributed by atoms with Gasteiger partial charge in [0.15, 0.2) is 11.6 Å². The second-order valence-electron chi connectivity index (χ2n) is 6.36. The Labute approximate surface area is 161 Å². The lowest BCUT2D eigenvalue weighted by Gasteiger charge is -2.11. The first kappa shape index (κ1) is 19.9. The normalized spacial score (nSPS) is 14.7. The number of nitrogens with zero attached hydrogens (tertiary/aromatic N) is 1. The number of rotatable bonds is 4. The Balaban J connectivity index is 1.76. The van der Waals surface area contributed by atoms with Crippen molar-refractivity contribution in [2.45, 2.75) is 30.6 Å². The number of sulfonamides is 1. The van der Waals surface area contributed by atoms with Crippen LogP contribution in [0.15, 0.2) is 52.4 Å². The lowest BCUT2D eigenvalue weighted by molar-refractivity contribution is 0.102. The zero-order chi connectivity index (χ0) is 20.1. The molecule has 0 radical (unpaired) electrons. The molecule has 0 bridgehead atoms. The quantitative estimate of drug-likeness (QED) is 0.814. The van der Waals surface area contributed by atoms with Gasteiger partial charge in [0.1, 0.15) is 5.84 Å². The van der Waals surface area contributed by atoms with E-state index in [2.05, 4.69) is 15.0 Å². The standard InChI is InChI=1S/C19H19F2N3O3S/c20-16-9-8-13(11-17(16)21)19(25)23-14-5-4-6-15(12-14)28(26,27)24-18-7-2-1-3-10-22-18/h4-6,8-9,11-12H,1-3,7,10H2,(H,22,24)(H,23,25). The Kier molecular flexibility index (Phi) is 6.03. The van der Waals surface area contributed by atoms with Crippen LogP contribution in [0, 0.1) is 11.6 Å². The summed E-state index contributed by atoms with van der Waals surface area (Å²) in [4.78, 5) is 16.4. The van der Waals surface area contributed by atoms with Crippen LogP contribution in [0.1, 0.15) is 36.0 Å². The number of amidine groups is 1. The van der Waals surface area contributed by atoms with Crippen molar-refractivity contribution in [1.82, 2.24) is 4.72 Å². The van der Waals surface area contributed by atoms with Crippen molar-refractivity contribution < 1.29 is 22.0 Å². The first-order chi connectivity index (χ1) is 13.3. The lowest BCUT2D eigenvalue weighted by Crippen LogP contribution is -2.30. The maximum atomic E-state index is 13.3. The van der Waals surface area contributed by atoms with Crippen molar-refractivity contribution in [2.24, 2.45) is 4.99 Å². The van der Waals surface area contributed by atoms with Crippen molar-refractivity contribution in [3.8, 4) is 0 Å². The van der Waals surface area contributed by atoms with Gasteiger partial charge >= 0.3 is 0 Å². The second kappa shape index (κ2) is 8.47. The minimum absolute atomic E-state index is 0.0393. The summed E-state index contributed by atoms with van der Waals surface area (Å²) in [7, 11) is -3.85. The molecular formula is C19H19F2N3O3S. The number of hydrogen-bond acceptors (Lipinski definition) is 4. The van der Waals surface area contributed by atoms with Crippen LogP contribution in [0.5, 0.6) is 0 Å². The van der Waals surface area contributed by atoms with Gasteiger partial charge in [-0.25, -0.2) is 17.2 Å². The molecule has 1 aliphatic rings. The molecule has 2 N–H and O–H groups in total. The Bertz CT molecular complexity index is 1020. The highest BCUT2D eigenvalue weighted by Crippen LogP contribution is 2.18. The minimum atomic E-state index is -3.85. The number of carbonyl (C=O) groups is 1. The number of halogens is 2. The molecule has 0 aromatic heterocycles. The highest BCUT2D eigenvalue weighted by atomic mass is 32.2. The third-order valence-electron chi connectivity index (χ3n) is 4.21. The number of anilines is 1. The van der Waals surface area contributed by atoms with Crippen molar-refractivity contribution in [3.05, 3.63) is 59.7 Å². The average Bonchev–Trinajstić information content (AvgIpc) is 2.92. The average molecular weight is 407 g/mol. The number of carbonyl (C=O) groups excluding carboxylic acids is 1. The van der Waals surface area contributed by atoms with Crippen LogP contribution in [0.3, 0.4) is 0 Å². The van der Waals surface area contributed by atoms with E-state index in [1.807, 2.05) is 0 Å². The number of hydrogen-bond donors (Lipinski definition) is 2. The molecule has 148 valence electrons. The van der Waals surface area contributed by atoms with E-state index >= 15 is 0 Å². The smallest absolute Gasteiger partial charge is 0.262 e. The molecule has 0 spiro atoms. The Morgan fingerprint density at radius 1 is 1.00 bits per heavy atom. The Hall–Kier alpha value is -2.81. The van der Waals surface area contributed by atoms with Gasteiger partial charge in [-0.1, -0.05) is 12.5 Å². The van der Waals surface area contributed by atoms with Crippen LogP contribution in [0.4, 0.5) is 14.5 Å². The molecule has 0 saturated carbocycles. The number of aliphatic imine (C=N–C) groups is 1. The van der Waals surface area contributed by atoms with Crippen LogP contribution in [0.25, 0.3) is 0 Å². The van der Waals surface area contributed by atoms with Gasteiger partial charge in [-0.3, -0.25) is 14.5 Å². The van der Waals surface area contributed by atoms with Crippen LogP contribution >= 0.6 is 0 Å². The number of amides is 1. The molecule has 0 aliphatic carbocycles. The minimum Gasteiger partial charge on any atom is -0.322 e. The van der Waals surface area contributed by atoms with Gasteiger partial charge in [0.2, 0.25) is 0 Å². The van der Waals surface area contributed by atoms with Gasteiger partial charge in [0.25, 0.3) is 15.9 Å². The SMILES string of the molecule is O=C(Nc1cccc(S(=O)(=O)NC2=NCCCCC2)c1)c1ccc(F)c(F)c1. The molecule has 3 rings (SSSR count). The van der Waals surface area contributed by atoms with E-state index in [0.29, 0.717) is 18.8 Å². The van der Waals surface area contributed by atoms with Gasteiger partial charge in [-0.05, 0) is 49.2 Å². The highest BCUT2D eigenvalue weighted by molar-refractivity contribution is 7.90. The third-order valence-corrected chi connectivity index (χ3v) is 5.59. The van der Waals surface area contributed by atoms with E-state index in [-0.39, 0.29) is 16.1 Å². The van der Waals surface area contributed by atoms with E-state index in [0.717, 1.165) is 37.5 Å². The summed E-state index contributed by atoms with van der Waals surface area (Å²) in [5, 5.41) is 2.48. The zero-order valence-electron chi connectivity index (χ0n) is 14.9. The molecule has 0 unspecified atom stereocenters. The molecule has 0 fully saturated rings. The van der Waals surface area contributed by atoms with E-state index < -0.39 is 27.6 Å². The summed E-state index contributed by atoms with van der Waals surface area (Å²) in [5.74, 6) is -2.46. The molecule has 1 amide bonds. The molecule has 0 saturated heterocycles. The fourth-order valence-electron chi connectivity index (χ4n) is 2.75. The predicted octanol–water partition coefficient (Wildman–Crippen LogP) is 3.47. The van der Waals surface area contributed by atoms with E-state index in [1.54, 1.807) is 0 Å². The van der Waals surface area contributed by atoms with E-state index in [9.17, 15) is 22.0 Å². The molecule has 2 aromatic carbocycles. The summed E-state index contributed by atoms with van der Waals surface area (Å²) in [6.45, 7) is 0.585. The van der Waals surface area contributed by atoms with Crippen LogP contribution in [-0.2, 0) is 10.0 Å². The highest BCUT2D eigenvalue weighted by Gasteiger charge is 2.18. The van der Waals surface area contributed by atoms with Gasteiger partial charge in [-0.2, -0.15) is 0 Å². The van der Waals surface area contributed by atoms with Crippen molar-refractivity contribution >= 4 is 27.5 Å². The van der Waals surface area contributed by atoms with Crippen LogP contribution in [-0.4, -0.2) is 26.7 Å². The topological polar surface area (TPSA) is 87.6 Å². The van der Waals surface area contributed by atoms with Gasteiger partial charge < -0.3 is 5.32 Å². The summed E-state index contributed by atoms with van der Waals surface area (Å²) in [6, 6.07) is 8.42. The van der Waals surface area contributed by atoms with Crippen molar-refractivity contribution in [1.29, 1.82) is 0 Å². The monoisotopic (exact) mass is 407 g/mol. The number of benzene rings is 2. The van der Waals surface area contributed by atoms with E-state index in [4.69, 9.17) is 0 Å². The fourth-order valence-corrected chi connectivity index (χ4v) is 3.89. The first-order valence-electron chi connectivity index (χ1n) is 8.78. The predicted molar refractivity (Wildman–Crippen MR) is 102 cm³/mol. The maximum absolute atomic E-state index is 13.3. The van der Waals surface area contributed by atoms with Gasteiger partial charge in [-0.15, -0.1) is 0 Å². The van der Waals surface area contributed by atoms with E-state index in [1.165, 1.54) is 24.3 Å². The zero-order valence-corrected chi connectivity index (χ0v) is 15.7. The lowest BCUT2D eigenvalue weighted by atomic mass is 10.2. The summed E-state index contributed by atoms with van der Waals surface area (Å²) >= 11 is 0. The second-order valence-corrected chi connectivity index (χ2v) is 8.04. The molecule has 28 heavy (non-hydrogen) atoms. The molecule has 1 heterocycles. The molecular weight excluding hydrogens is 388 g/mol. The van der Waals surface area contributed by atoms with Gasteiger partial charge in [0.05, 0.1) is 4.90 Å². The van der Waals surface area contributed by atoms with Crippen LogP contribution in [0.2, 0.25) is 0 Å². The molecule has 9 heteroatoms. The van der Waals surface area contributed by atoms with Crippen LogP contribution < -0.4 is 10.0 Å². The Morgan fingerprint density at radius 2 is 1.82 bits per heavy atom. The van der Waals surface area contributed by atoms with Gasteiger partial charge in [0, 0.05) is 24.2 Å². The molecule has 0 atom stereocenters. The molecule has 1 aliphatic heterocycles. The fraction of sp³-hybridized carbons (Fsp3) is 0.263.